The highest BCUT2D eigenvalue weighted by molar-refractivity contribution is 5.06. The number of nitrogens with one attached hydrogen (secondary N) is 1. The van der Waals surface area contributed by atoms with Crippen LogP contribution in [0.5, 0.6) is 0 Å². The zero-order valence-electron chi connectivity index (χ0n) is 10.3. The van der Waals surface area contributed by atoms with Gasteiger partial charge in [-0.05, 0) is 32.0 Å². The predicted octanol–water partition coefficient (Wildman–Crippen LogP) is 2.03. The van der Waals surface area contributed by atoms with Crippen LogP contribution in [0.4, 0.5) is 0 Å². The minimum absolute atomic E-state index is 0.846. The van der Waals surface area contributed by atoms with E-state index in [1.54, 1.807) is 0 Å². The molecule has 0 radical (unpaired) electrons. The van der Waals surface area contributed by atoms with E-state index in [9.17, 15) is 0 Å². The summed E-state index contributed by atoms with van der Waals surface area (Å²) >= 11 is 0. The third kappa shape index (κ3) is 3.35. The SMILES string of the molecule is CCc1ccc(CNCCN(C)C2CC2)o1. The second kappa shape index (κ2) is 5.51. The van der Waals surface area contributed by atoms with E-state index in [0.717, 1.165) is 43.6 Å². The predicted molar refractivity (Wildman–Crippen MR) is 65.4 cm³/mol. The average Bonchev–Trinajstić information content (AvgIpc) is 3.04. The molecule has 3 heteroatoms. The van der Waals surface area contributed by atoms with Crippen LogP contribution in [0.25, 0.3) is 0 Å². The van der Waals surface area contributed by atoms with Gasteiger partial charge in [-0.25, -0.2) is 0 Å². The quantitative estimate of drug-likeness (QED) is 0.716. The summed E-state index contributed by atoms with van der Waals surface area (Å²) in [5, 5.41) is 3.42. The summed E-state index contributed by atoms with van der Waals surface area (Å²) in [7, 11) is 2.21. The molecule has 1 aromatic rings. The Kier molecular flexibility index (Phi) is 4.02. The van der Waals surface area contributed by atoms with E-state index < -0.39 is 0 Å². The van der Waals surface area contributed by atoms with E-state index in [-0.39, 0.29) is 0 Å². The monoisotopic (exact) mass is 222 g/mol. The molecule has 16 heavy (non-hydrogen) atoms. The number of hydrogen-bond acceptors (Lipinski definition) is 3. The second-order valence-corrected chi connectivity index (χ2v) is 4.61. The average molecular weight is 222 g/mol. The Morgan fingerprint density at radius 3 is 2.75 bits per heavy atom. The first-order chi connectivity index (χ1) is 7.79. The zero-order chi connectivity index (χ0) is 11.4. The molecule has 1 aliphatic rings. The van der Waals surface area contributed by atoms with Gasteiger partial charge in [-0.2, -0.15) is 0 Å². The van der Waals surface area contributed by atoms with Crippen molar-refractivity contribution in [3.8, 4) is 0 Å². The van der Waals surface area contributed by atoms with Crippen LogP contribution >= 0.6 is 0 Å². The van der Waals surface area contributed by atoms with E-state index in [1.165, 1.54) is 12.8 Å². The number of hydrogen-bond donors (Lipinski definition) is 1. The van der Waals surface area contributed by atoms with Gasteiger partial charge in [-0.15, -0.1) is 0 Å². The number of likely N-dealkylation sites (N-methyl/N-ethyl adjacent to an activating group) is 1. The first-order valence-electron chi connectivity index (χ1n) is 6.28. The molecule has 0 bridgehead atoms. The van der Waals surface area contributed by atoms with Crippen LogP contribution in [-0.4, -0.2) is 31.1 Å². The van der Waals surface area contributed by atoms with Gasteiger partial charge < -0.3 is 14.6 Å². The third-order valence-electron chi connectivity index (χ3n) is 3.18. The van der Waals surface area contributed by atoms with Gasteiger partial charge in [-0.1, -0.05) is 6.92 Å². The fourth-order valence-electron chi connectivity index (χ4n) is 1.87. The highest BCUT2D eigenvalue weighted by Gasteiger charge is 2.25. The van der Waals surface area contributed by atoms with Gasteiger partial charge in [0.1, 0.15) is 11.5 Å². The van der Waals surface area contributed by atoms with Crippen molar-refractivity contribution < 1.29 is 4.42 Å². The summed E-state index contributed by atoms with van der Waals surface area (Å²) < 4.78 is 5.62. The minimum atomic E-state index is 0.846. The maximum Gasteiger partial charge on any atom is 0.117 e. The Morgan fingerprint density at radius 2 is 2.12 bits per heavy atom. The van der Waals surface area contributed by atoms with Crippen molar-refractivity contribution in [2.24, 2.45) is 0 Å². The molecule has 0 saturated heterocycles. The maximum atomic E-state index is 5.62. The molecule has 1 aromatic heterocycles. The van der Waals surface area contributed by atoms with Crippen molar-refractivity contribution >= 4 is 0 Å². The number of furan rings is 1. The highest BCUT2D eigenvalue weighted by Crippen LogP contribution is 2.24. The fraction of sp³-hybridized carbons (Fsp3) is 0.692. The number of rotatable bonds is 7. The lowest BCUT2D eigenvalue weighted by atomic mass is 10.3. The van der Waals surface area contributed by atoms with E-state index in [4.69, 9.17) is 4.42 Å². The fourth-order valence-corrected chi connectivity index (χ4v) is 1.87. The second-order valence-electron chi connectivity index (χ2n) is 4.61. The molecule has 1 fully saturated rings. The zero-order valence-corrected chi connectivity index (χ0v) is 10.3. The van der Waals surface area contributed by atoms with Crippen molar-refractivity contribution in [3.63, 3.8) is 0 Å². The molecule has 0 aliphatic heterocycles. The highest BCUT2D eigenvalue weighted by atomic mass is 16.3. The molecular weight excluding hydrogens is 200 g/mol. The van der Waals surface area contributed by atoms with Crippen molar-refractivity contribution in [2.75, 3.05) is 20.1 Å². The van der Waals surface area contributed by atoms with E-state index in [1.807, 2.05) is 0 Å². The van der Waals surface area contributed by atoms with Gasteiger partial charge in [0.05, 0.1) is 6.54 Å². The summed E-state index contributed by atoms with van der Waals surface area (Å²) in [5.74, 6) is 2.12. The van der Waals surface area contributed by atoms with Crippen molar-refractivity contribution in [3.05, 3.63) is 23.7 Å². The summed E-state index contributed by atoms with van der Waals surface area (Å²) in [4.78, 5) is 2.44. The molecule has 1 heterocycles. The van der Waals surface area contributed by atoms with Crippen LogP contribution in [0.3, 0.4) is 0 Å². The van der Waals surface area contributed by atoms with Crippen LogP contribution in [-0.2, 0) is 13.0 Å². The summed E-state index contributed by atoms with van der Waals surface area (Å²) in [6, 6.07) is 4.99. The lowest BCUT2D eigenvalue weighted by Gasteiger charge is -2.15. The standard InChI is InChI=1S/C13H22N2O/c1-3-12-6-7-13(16-12)10-14-8-9-15(2)11-4-5-11/h6-7,11,14H,3-5,8-10H2,1-2H3. The Hall–Kier alpha value is -0.800. The molecule has 0 atom stereocenters. The van der Waals surface area contributed by atoms with Crippen molar-refractivity contribution in [1.82, 2.24) is 10.2 Å². The summed E-state index contributed by atoms with van der Waals surface area (Å²) in [5.41, 5.74) is 0. The molecule has 90 valence electrons. The van der Waals surface area contributed by atoms with Crippen molar-refractivity contribution in [1.29, 1.82) is 0 Å². The minimum Gasteiger partial charge on any atom is -0.465 e. The Balaban J connectivity index is 1.60. The Morgan fingerprint density at radius 1 is 1.38 bits per heavy atom. The summed E-state index contributed by atoms with van der Waals surface area (Å²) in [6.07, 6.45) is 3.74. The largest absolute Gasteiger partial charge is 0.465 e. The van der Waals surface area contributed by atoms with E-state index in [2.05, 4.69) is 36.3 Å². The first kappa shape index (κ1) is 11.7. The number of nitrogens with zero attached hydrogens (tertiary/aromatic N) is 1. The van der Waals surface area contributed by atoms with Gasteiger partial charge in [0.15, 0.2) is 0 Å². The van der Waals surface area contributed by atoms with Crippen LogP contribution in [0.15, 0.2) is 16.5 Å². The molecule has 3 nitrogen and oxygen atoms in total. The molecule has 0 spiro atoms. The Bertz CT molecular complexity index is 317. The van der Waals surface area contributed by atoms with Crippen LogP contribution in [0.1, 0.15) is 31.3 Å². The van der Waals surface area contributed by atoms with Gasteiger partial charge in [0.25, 0.3) is 0 Å². The smallest absolute Gasteiger partial charge is 0.117 e. The normalized spacial score (nSPS) is 15.9. The third-order valence-corrected chi connectivity index (χ3v) is 3.18. The summed E-state index contributed by atoms with van der Waals surface area (Å²) in [6.45, 7) is 5.13. The van der Waals surface area contributed by atoms with Crippen LogP contribution < -0.4 is 5.32 Å². The molecular formula is C13H22N2O. The van der Waals surface area contributed by atoms with Gasteiger partial charge >= 0.3 is 0 Å². The van der Waals surface area contributed by atoms with E-state index >= 15 is 0 Å². The molecule has 1 N–H and O–H groups in total. The topological polar surface area (TPSA) is 28.4 Å². The Labute approximate surface area is 97.8 Å². The molecule has 1 aliphatic carbocycles. The number of aryl methyl sites for hydroxylation is 1. The lowest BCUT2D eigenvalue weighted by Crippen LogP contribution is -2.30. The van der Waals surface area contributed by atoms with Gasteiger partial charge in [-0.3, -0.25) is 0 Å². The van der Waals surface area contributed by atoms with Gasteiger partial charge in [0, 0.05) is 25.6 Å². The molecule has 0 unspecified atom stereocenters. The van der Waals surface area contributed by atoms with Gasteiger partial charge in [0.2, 0.25) is 0 Å². The van der Waals surface area contributed by atoms with Crippen LogP contribution in [0.2, 0.25) is 0 Å². The molecule has 1 saturated carbocycles. The maximum absolute atomic E-state index is 5.62. The molecule has 0 amide bonds. The van der Waals surface area contributed by atoms with Crippen LogP contribution in [0, 0.1) is 0 Å². The molecule has 0 aromatic carbocycles. The lowest BCUT2D eigenvalue weighted by molar-refractivity contribution is 0.318. The first-order valence-corrected chi connectivity index (χ1v) is 6.28. The van der Waals surface area contributed by atoms with E-state index in [0.29, 0.717) is 0 Å². The van der Waals surface area contributed by atoms with Crippen molar-refractivity contribution in [2.45, 2.75) is 38.8 Å². The molecule has 2 rings (SSSR count).